The van der Waals surface area contributed by atoms with Crippen molar-refractivity contribution in [1.29, 1.82) is 0 Å². The van der Waals surface area contributed by atoms with Crippen molar-refractivity contribution in [1.82, 2.24) is 0 Å². The van der Waals surface area contributed by atoms with Gasteiger partial charge < -0.3 is 14.2 Å². The fraction of sp³-hybridized carbons (Fsp3) is 0.826. The van der Waals surface area contributed by atoms with Gasteiger partial charge in [-0.05, 0) is 81.6 Å². The summed E-state index contributed by atoms with van der Waals surface area (Å²) in [7, 11) is 3.59. The van der Waals surface area contributed by atoms with Gasteiger partial charge in [0.2, 0.25) is 0 Å². The second-order valence-electron chi connectivity index (χ2n) is 9.70. The zero-order chi connectivity index (χ0) is 18.1. The van der Waals surface area contributed by atoms with Crippen LogP contribution in [0.3, 0.4) is 0 Å². The number of ether oxygens (including phenoxy) is 3. The Morgan fingerprint density at radius 3 is 2.85 bits per heavy atom. The Balaban J connectivity index is 1.39. The molecule has 5 aliphatic carbocycles. The van der Waals surface area contributed by atoms with Crippen LogP contribution in [-0.4, -0.2) is 26.1 Å². The fourth-order valence-electron chi connectivity index (χ4n) is 7.54. The van der Waals surface area contributed by atoms with Gasteiger partial charge in [-0.1, -0.05) is 18.1 Å². The van der Waals surface area contributed by atoms with E-state index in [-0.39, 0.29) is 11.9 Å². The number of rotatable bonds is 4. The fourth-order valence-corrected chi connectivity index (χ4v) is 7.54. The lowest BCUT2D eigenvalue weighted by atomic mass is 9.53. The molecule has 0 spiro atoms. The molecule has 7 atom stereocenters. The molecule has 144 valence electrons. The van der Waals surface area contributed by atoms with Gasteiger partial charge in [-0.3, -0.25) is 0 Å². The smallest absolute Gasteiger partial charge is 0.155 e. The standard InChI is InChI=1S/C23H34O3/c1-14(24-3)26-23-13-16(23)12-21-20-7-5-15-11-17(25-4)6-8-18(15)19(20)9-10-22(21,23)2/h6,14,16,19-21H,5,7-13H2,1-4H3/t14?,16-,19+,20+,21-,22-,23-/m0/s1. The Kier molecular flexibility index (Phi) is 3.89. The topological polar surface area (TPSA) is 27.7 Å². The molecule has 0 amide bonds. The zero-order valence-electron chi connectivity index (χ0n) is 16.8. The maximum absolute atomic E-state index is 6.55. The van der Waals surface area contributed by atoms with E-state index in [9.17, 15) is 0 Å². The maximum Gasteiger partial charge on any atom is 0.155 e. The van der Waals surface area contributed by atoms with E-state index in [0.717, 1.165) is 36.5 Å². The molecule has 3 fully saturated rings. The molecule has 0 aromatic rings. The van der Waals surface area contributed by atoms with Gasteiger partial charge in [0, 0.05) is 18.9 Å². The minimum atomic E-state index is -0.0788. The number of fused-ring (bicyclic) bond motifs is 6. The highest BCUT2D eigenvalue weighted by Crippen LogP contribution is 2.76. The maximum atomic E-state index is 6.55. The largest absolute Gasteiger partial charge is 0.501 e. The number of hydrogen-bond donors (Lipinski definition) is 0. The van der Waals surface area contributed by atoms with Crippen molar-refractivity contribution in [3.05, 3.63) is 23.0 Å². The molecule has 3 heteroatoms. The van der Waals surface area contributed by atoms with E-state index in [1.807, 2.05) is 7.11 Å². The summed E-state index contributed by atoms with van der Waals surface area (Å²) >= 11 is 0. The molecule has 3 nitrogen and oxygen atoms in total. The van der Waals surface area contributed by atoms with Crippen molar-refractivity contribution < 1.29 is 14.2 Å². The monoisotopic (exact) mass is 358 g/mol. The molecule has 26 heavy (non-hydrogen) atoms. The highest BCUT2D eigenvalue weighted by atomic mass is 16.7. The molecule has 0 N–H and O–H groups in total. The molecular weight excluding hydrogens is 324 g/mol. The Morgan fingerprint density at radius 2 is 2.08 bits per heavy atom. The Hall–Kier alpha value is -0.800. The third-order valence-electron chi connectivity index (χ3n) is 8.97. The normalized spacial score (nSPS) is 47.3. The first-order chi connectivity index (χ1) is 12.5. The zero-order valence-corrected chi connectivity index (χ0v) is 16.8. The predicted octanol–water partition coefficient (Wildman–Crippen LogP) is 5.22. The van der Waals surface area contributed by atoms with Crippen LogP contribution in [0.1, 0.15) is 65.2 Å². The summed E-state index contributed by atoms with van der Waals surface area (Å²) in [4.78, 5) is 0. The molecule has 0 aliphatic heterocycles. The first kappa shape index (κ1) is 17.3. The van der Waals surface area contributed by atoms with Crippen LogP contribution in [0.2, 0.25) is 0 Å². The number of allylic oxidation sites excluding steroid dienone is 3. The molecule has 0 heterocycles. The third-order valence-corrected chi connectivity index (χ3v) is 8.97. The Labute approximate surface area is 158 Å². The van der Waals surface area contributed by atoms with Gasteiger partial charge in [-0.2, -0.15) is 0 Å². The minimum absolute atomic E-state index is 0.0788. The van der Waals surface area contributed by atoms with E-state index in [1.54, 1.807) is 18.3 Å². The Bertz CT molecular complexity index is 664. The van der Waals surface area contributed by atoms with Crippen LogP contribution in [0, 0.1) is 29.1 Å². The lowest BCUT2D eigenvalue weighted by Crippen LogP contribution is -2.49. The lowest BCUT2D eigenvalue weighted by molar-refractivity contribution is -0.202. The molecule has 5 aliphatic rings. The summed E-state index contributed by atoms with van der Waals surface area (Å²) in [5, 5.41) is 0. The van der Waals surface area contributed by atoms with Gasteiger partial charge in [0.05, 0.1) is 18.5 Å². The Morgan fingerprint density at radius 1 is 1.23 bits per heavy atom. The average Bonchev–Trinajstić information content (AvgIpc) is 3.30. The molecule has 1 unspecified atom stereocenters. The molecule has 3 saturated carbocycles. The highest BCUT2D eigenvalue weighted by molar-refractivity contribution is 5.34. The van der Waals surface area contributed by atoms with E-state index < -0.39 is 0 Å². The highest BCUT2D eigenvalue weighted by Gasteiger charge is 2.75. The van der Waals surface area contributed by atoms with E-state index in [1.165, 1.54) is 44.3 Å². The second-order valence-corrected chi connectivity index (χ2v) is 9.70. The van der Waals surface area contributed by atoms with Gasteiger partial charge in [-0.15, -0.1) is 0 Å². The minimum Gasteiger partial charge on any atom is -0.501 e. The van der Waals surface area contributed by atoms with Crippen molar-refractivity contribution in [3.63, 3.8) is 0 Å². The van der Waals surface area contributed by atoms with Crippen LogP contribution < -0.4 is 0 Å². The molecule has 0 saturated heterocycles. The van der Waals surface area contributed by atoms with Crippen LogP contribution >= 0.6 is 0 Å². The summed E-state index contributed by atoms with van der Waals surface area (Å²) in [5.41, 5.74) is 3.95. The van der Waals surface area contributed by atoms with Gasteiger partial charge in [0.1, 0.15) is 0 Å². The summed E-state index contributed by atoms with van der Waals surface area (Å²) < 4.78 is 17.6. The molecular formula is C23H34O3. The van der Waals surface area contributed by atoms with Crippen LogP contribution in [0.5, 0.6) is 0 Å². The summed E-state index contributed by atoms with van der Waals surface area (Å²) in [6.07, 6.45) is 12.5. The van der Waals surface area contributed by atoms with Gasteiger partial charge in [-0.25, -0.2) is 0 Å². The molecule has 5 rings (SSSR count). The van der Waals surface area contributed by atoms with Crippen molar-refractivity contribution in [2.45, 2.75) is 77.1 Å². The van der Waals surface area contributed by atoms with Crippen molar-refractivity contribution >= 4 is 0 Å². The third kappa shape index (κ3) is 2.19. The number of methoxy groups -OCH3 is 2. The van der Waals surface area contributed by atoms with Crippen LogP contribution in [0.25, 0.3) is 0 Å². The van der Waals surface area contributed by atoms with Crippen LogP contribution in [0.15, 0.2) is 23.0 Å². The van der Waals surface area contributed by atoms with Crippen LogP contribution in [-0.2, 0) is 14.2 Å². The van der Waals surface area contributed by atoms with E-state index in [4.69, 9.17) is 14.2 Å². The first-order valence-corrected chi connectivity index (χ1v) is 10.7. The van der Waals surface area contributed by atoms with E-state index >= 15 is 0 Å². The summed E-state index contributed by atoms with van der Waals surface area (Å²) in [6, 6.07) is 0. The van der Waals surface area contributed by atoms with Gasteiger partial charge >= 0.3 is 0 Å². The molecule has 0 aromatic carbocycles. The molecule has 0 aromatic heterocycles. The molecule has 0 bridgehead atoms. The SMILES string of the molecule is COC1=CCC2=C(CC[C@@H]3[C@@H]2CC[C@@]2(C)[C@H]3C[C@H]3C[C@]32OC(C)OC)C1. The van der Waals surface area contributed by atoms with E-state index in [0.29, 0.717) is 5.41 Å². The van der Waals surface area contributed by atoms with Crippen LogP contribution in [0.4, 0.5) is 0 Å². The number of hydrogen-bond acceptors (Lipinski definition) is 3. The van der Waals surface area contributed by atoms with Crippen molar-refractivity contribution in [2.24, 2.45) is 29.1 Å². The second kappa shape index (κ2) is 5.85. The lowest BCUT2D eigenvalue weighted by Gasteiger charge is -2.53. The summed E-state index contributed by atoms with van der Waals surface area (Å²) in [5.74, 6) is 4.49. The van der Waals surface area contributed by atoms with Crippen molar-refractivity contribution in [3.8, 4) is 0 Å². The van der Waals surface area contributed by atoms with E-state index in [2.05, 4.69) is 19.9 Å². The first-order valence-electron chi connectivity index (χ1n) is 10.7. The quantitative estimate of drug-likeness (QED) is 0.509. The van der Waals surface area contributed by atoms with Gasteiger partial charge in [0.25, 0.3) is 0 Å². The average molecular weight is 359 g/mol. The molecule has 0 radical (unpaired) electrons. The van der Waals surface area contributed by atoms with Crippen molar-refractivity contribution in [2.75, 3.05) is 14.2 Å². The van der Waals surface area contributed by atoms with Gasteiger partial charge in [0.15, 0.2) is 6.29 Å². The predicted molar refractivity (Wildman–Crippen MR) is 101 cm³/mol. The summed E-state index contributed by atoms with van der Waals surface area (Å²) in [6.45, 7) is 4.61.